The molecule has 0 rings (SSSR count). The van der Waals surface area contributed by atoms with Crippen LogP contribution in [0.15, 0.2) is 0 Å². The Balaban J connectivity index is 6.03. The molecule has 0 aromatic carbocycles. The highest BCUT2D eigenvalue weighted by molar-refractivity contribution is 8.78. The Bertz CT molecular complexity index is 543. The molecule has 0 aromatic rings. The van der Waals surface area contributed by atoms with Gasteiger partial charge in [0, 0.05) is 0 Å². The van der Waals surface area contributed by atoms with Crippen molar-refractivity contribution < 1.29 is 30.0 Å². The van der Waals surface area contributed by atoms with Crippen molar-refractivity contribution in [3.05, 3.63) is 0 Å². The maximum absolute atomic E-state index is 13.6. The van der Waals surface area contributed by atoms with Crippen LogP contribution in [0.4, 0.5) is 0 Å². The lowest BCUT2D eigenvalue weighted by molar-refractivity contribution is 0.139. The molecule has 0 spiro atoms. The van der Waals surface area contributed by atoms with Gasteiger partial charge in [0.05, 0.1) is 27.2 Å². The number of hydrogen-bond acceptors (Lipinski definition) is 8. The predicted molar refractivity (Wildman–Crippen MR) is 123 cm³/mol. The number of rotatable bonds is 15. The lowest BCUT2D eigenvalue weighted by Gasteiger charge is -2.31. The Morgan fingerprint density at radius 1 is 0.643 bits per heavy atom. The van der Waals surface area contributed by atoms with Crippen LogP contribution in [0.25, 0.3) is 0 Å². The third-order valence-electron chi connectivity index (χ3n) is 2.85. The van der Waals surface area contributed by atoms with E-state index in [1.165, 1.54) is 0 Å². The first-order valence-corrected chi connectivity index (χ1v) is 15.0. The molecule has 0 N–H and O–H groups in total. The average Bonchev–Trinajstić information content (AvgIpc) is 2.55. The summed E-state index contributed by atoms with van der Waals surface area (Å²) < 4.78 is 67.7. The third kappa shape index (κ3) is 10.3. The maximum atomic E-state index is 13.6. The largest absolute Gasteiger partial charge is 0.344 e. The van der Waals surface area contributed by atoms with Gasteiger partial charge in [0.15, 0.2) is 0 Å². The monoisotopic (exact) mass is 480 g/mol. The van der Waals surface area contributed by atoms with E-state index in [1.807, 2.05) is 0 Å². The van der Waals surface area contributed by atoms with Crippen LogP contribution in [-0.2, 0) is 27.2 Å². The summed E-state index contributed by atoms with van der Waals surface area (Å²) in [7, 11) is -6.05. The summed E-state index contributed by atoms with van der Waals surface area (Å²) >= 11 is 0. The van der Waals surface area contributed by atoms with Crippen molar-refractivity contribution in [2.75, 3.05) is 0 Å². The Hall–Kier alpha value is 1.000. The Labute approximate surface area is 183 Å². The van der Waals surface area contributed by atoms with Crippen molar-refractivity contribution in [1.29, 1.82) is 0 Å². The Morgan fingerprint density at radius 2 is 0.857 bits per heavy atom. The van der Waals surface area contributed by atoms with E-state index < -0.39 is 49.5 Å². The van der Waals surface area contributed by atoms with Gasteiger partial charge in [-0.05, 0) is 68.2 Å². The molecule has 28 heavy (non-hydrogen) atoms. The molecule has 0 fully saturated rings. The van der Waals surface area contributed by atoms with Crippen LogP contribution in [-0.4, -0.2) is 34.4 Å². The molecule has 10 heteroatoms. The fourth-order valence-corrected chi connectivity index (χ4v) is 10.9. The highest BCUT2D eigenvalue weighted by Gasteiger charge is 2.42. The minimum Gasteiger partial charge on any atom is -0.305 e. The topological polar surface area (TPSA) is 71.1 Å². The summed E-state index contributed by atoms with van der Waals surface area (Å²) in [5.74, 6) is 0. The molecule has 0 aliphatic heterocycles. The minimum absolute atomic E-state index is 0.140. The standard InChI is InChI=1S/C18H40O6P2S2/c1-11-17(25(19,21-13(3)4)22-14(5)6)27-28-18(12-2)26(20,23-15(7)8)24-16(9)10/h13-18H,11-12H2,1-10H3/t17-,18-/m0/s1/i17D,18D. The Kier molecular flexibility index (Phi) is 12.1. The van der Waals surface area contributed by atoms with Gasteiger partial charge in [0.2, 0.25) is 0 Å². The van der Waals surface area contributed by atoms with E-state index in [-0.39, 0.29) is 12.8 Å². The van der Waals surface area contributed by atoms with E-state index >= 15 is 0 Å². The zero-order valence-corrected chi connectivity index (χ0v) is 22.3. The molecule has 0 aromatic heterocycles. The van der Waals surface area contributed by atoms with Crippen LogP contribution in [0.5, 0.6) is 0 Å². The zero-order valence-electron chi connectivity index (χ0n) is 20.9. The van der Waals surface area contributed by atoms with Crippen molar-refractivity contribution in [2.24, 2.45) is 0 Å². The summed E-state index contributed by atoms with van der Waals surface area (Å²) in [4.78, 5) is -3.40. The van der Waals surface area contributed by atoms with Gasteiger partial charge in [-0.2, -0.15) is 0 Å². The lowest BCUT2D eigenvalue weighted by Crippen LogP contribution is -2.17. The second-order valence-corrected chi connectivity index (χ2v) is 14.1. The maximum Gasteiger partial charge on any atom is 0.344 e. The van der Waals surface area contributed by atoms with Gasteiger partial charge in [0.1, 0.15) is 9.93 Å². The molecule has 0 amide bonds. The normalized spacial score (nSPS) is 19.1. The molecule has 0 bridgehead atoms. The van der Waals surface area contributed by atoms with Gasteiger partial charge < -0.3 is 18.1 Å². The van der Waals surface area contributed by atoms with Gasteiger partial charge >= 0.3 is 15.2 Å². The first kappa shape index (κ1) is 25.3. The van der Waals surface area contributed by atoms with Gasteiger partial charge in [-0.25, -0.2) is 0 Å². The second kappa shape index (κ2) is 13.4. The molecule has 6 nitrogen and oxygen atoms in total. The minimum atomic E-state index is -3.90. The molecule has 0 unspecified atom stereocenters. The summed E-state index contributed by atoms with van der Waals surface area (Å²) in [5, 5.41) is 0. The molecule has 0 radical (unpaired) electrons. The highest BCUT2D eigenvalue weighted by Crippen LogP contribution is 2.67. The van der Waals surface area contributed by atoms with E-state index in [2.05, 4.69) is 0 Å². The second-order valence-electron chi connectivity index (χ2n) is 7.27. The van der Waals surface area contributed by atoms with Crippen molar-refractivity contribution in [1.82, 2.24) is 0 Å². The summed E-state index contributed by atoms with van der Waals surface area (Å²) in [6.45, 7) is 17.3. The van der Waals surface area contributed by atoms with Crippen molar-refractivity contribution in [2.45, 2.75) is 116 Å². The molecule has 170 valence electrons. The smallest absolute Gasteiger partial charge is 0.305 e. The van der Waals surface area contributed by atoms with Gasteiger partial charge in [-0.3, -0.25) is 9.13 Å². The van der Waals surface area contributed by atoms with E-state index in [9.17, 15) is 9.13 Å². The van der Waals surface area contributed by atoms with Crippen LogP contribution in [0.3, 0.4) is 0 Å². The molecule has 0 aliphatic rings. The molecule has 0 heterocycles. The predicted octanol–water partition coefficient (Wildman–Crippen LogP) is 7.93. The Morgan fingerprint density at radius 3 is 1.00 bits per heavy atom. The highest BCUT2D eigenvalue weighted by atomic mass is 33.1. The summed E-state index contributed by atoms with van der Waals surface area (Å²) in [5.41, 5.74) is 0. The fourth-order valence-electron chi connectivity index (χ4n) is 2.09. The lowest BCUT2D eigenvalue weighted by atomic mass is 10.5. The average molecular weight is 481 g/mol. The van der Waals surface area contributed by atoms with E-state index in [0.29, 0.717) is 0 Å². The molecular formula is C18H40O6P2S2. The molecule has 0 saturated heterocycles. The zero-order chi connectivity index (χ0) is 24.0. The van der Waals surface area contributed by atoms with Crippen LogP contribution in [0, 0.1) is 0 Å². The molecule has 2 atom stereocenters. The summed E-state index contributed by atoms with van der Waals surface area (Å²) in [6, 6.07) is 0. The van der Waals surface area contributed by atoms with Crippen molar-refractivity contribution in [3.8, 4) is 0 Å². The van der Waals surface area contributed by atoms with E-state index in [4.69, 9.17) is 20.8 Å². The fraction of sp³-hybridized carbons (Fsp3) is 1.00. The molecular weight excluding hydrogens is 438 g/mol. The van der Waals surface area contributed by atoms with Gasteiger partial charge in [-0.15, -0.1) is 0 Å². The van der Waals surface area contributed by atoms with Crippen LogP contribution < -0.4 is 0 Å². The summed E-state index contributed by atoms with van der Waals surface area (Å²) in [6.07, 6.45) is -1.37. The van der Waals surface area contributed by atoms with Crippen molar-refractivity contribution >= 4 is 36.8 Å². The van der Waals surface area contributed by atoms with Gasteiger partial charge in [-0.1, -0.05) is 35.4 Å². The quantitative estimate of drug-likeness (QED) is 0.173. The molecule has 0 saturated carbocycles. The number of hydrogen-bond donors (Lipinski definition) is 0. The van der Waals surface area contributed by atoms with Crippen molar-refractivity contribution in [3.63, 3.8) is 0 Å². The van der Waals surface area contributed by atoms with Crippen LogP contribution in [0.2, 0.25) is 0 Å². The van der Waals surface area contributed by atoms with Crippen LogP contribution in [0.1, 0.15) is 84.8 Å². The van der Waals surface area contributed by atoms with E-state index in [0.717, 1.165) is 21.6 Å². The SMILES string of the molecule is [2H][C@@](CC)(SS[C@@]([2H])(CC)P(=O)(OC(C)C)OC(C)C)P(=O)(OC(C)C)OC(C)C. The third-order valence-corrected chi connectivity index (χ3v) is 12.6. The first-order chi connectivity index (χ1) is 13.5. The molecule has 0 aliphatic carbocycles. The van der Waals surface area contributed by atoms with E-state index in [1.54, 1.807) is 69.2 Å². The van der Waals surface area contributed by atoms with Gasteiger partial charge in [0.25, 0.3) is 0 Å². The first-order valence-electron chi connectivity index (χ1n) is 10.8. The van der Waals surface area contributed by atoms with Crippen LogP contribution >= 0.6 is 36.8 Å².